The van der Waals surface area contributed by atoms with E-state index in [0.29, 0.717) is 23.0 Å². The summed E-state index contributed by atoms with van der Waals surface area (Å²) in [6.45, 7) is 1.91. The van der Waals surface area contributed by atoms with E-state index >= 15 is 0 Å². The molecule has 0 atom stereocenters. The van der Waals surface area contributed by atoms with Crippen molar-refractivity contribution < 1.29 is 4.79 Å². The highest BCUT2D eigenvalue weighted by atomic mass is 35.5. The summed E-state index contributed by atoms with van der Waals surface area (Å²) in [7, 11) is 1.81. The Bertz CT molecular complexity index is 759. The van der Waals surface area contributed by atoms with Gasteiger partial charge in [0.25, 0.3) is 0 Å². The molecule has 2 N–H and O–H groups in total. The number of nitrogens with zero attached hydrogens (tertiary/aromatic N) is 2. The Labute approximate surface area is 146 Å². The molecule has 1 aromatic carbocycles. The van der Waals surface area contributed by atoms with Crippen molar-refractivity contribution in [3.05, 3.63) is 40.5 Å². The van der Waals surface area contributed by atoms with E-state index < -0.39 is 0 Å². The predicted molar refractivity (Wildman–Crippen MR) is 97.3 cm³/mol. The molecule has 1 saturated carbocycles. The Kier molecular flexibility index (Phi) is 5.00. The summed E-state index contributed by atoms with van der Waals surface area (Å²) < 4.78 is 0. The van der Waals surface area contributed by atoms with Crippen LogP contribution in [-0.4, -0.2) is 22.8 Å². The lowest BCUT2D eigenvalue weighted by atomic mass is 10.0. The predicted octanol–water partition coefficient (Wildman–Crippen LogP) is 4.60. The Hall–Kier alpha value is -2.14. The van der Waals surface area contributed by atoms with Gasteiger partial charge in [-0.15, -0.1) is 0 Å². The van der Waals surface area contributed by atoms with Crippen LogP contribution in [0.3, 0.4) is 0 Å². The normalized spacial score (nSPS) is 13.6. The summed E-state index contributed by atoms with van der Waals surface area (Å²) >= 11 is 6.21. The first-order valence-electron chi connectivity index (χ1n) is 8.18. The third-order valence-electron chi connectivity index (χ3n) is 4.11. The van der Waals surface area contributed by atoms with Crippen molar-refractivity contribution in [2.45, 2.75) is 32.6 Å². The van der Waals surface area contributed by atoms with Gasteiger partial charge in [-0.25, -0.2) is 4.98 Å². The van der Waals surface area contributed by atoms with E-state index in [-0.39, 0.29) is 5.78 Å². The lowest BCUT2D eigenvalue weighted by molar-refractivity contribution is 0.0978. The van der Waals surface area contributed by atoms with E-state index in [1.165, 1.54) is 12.8 Å². The molecule has 0 spiro atoms. The molecule has 1 aromatic heterocycles. The first-order chi connectivity index (χ1) is 11.5. The van der Waals surface area contributed by atoms with Gasteiger partial charge in [-0.05, 0) is 37.5 Å². The quantitative estimate of drug-likeness (QED) is 0.719. The van der Waals surface area contributed by atoms with E-state index in [2.05, 4.69) is 20.6 Å². The summed E-state index contributed by atoms with van der Waals surface area (Å²) in [5, 5.41) is 6.63. The van der Waals surface area contributed by atoms with Crippen LogP contribution >= 0.6 is 11.6 Å². The van der Waals surface area contributed by atoms with Crippen LogP contribution in [0.5, 0.6) is 0 Å². The van der Waals surface area contributed by atoms with Crippen molar-refractivity contribution in [2.24, 2.45) is 5.92 Å². The minimum atomic E-state index is 0.0941. The van der Waals surface area contributed by atoms with Gasteiger partial charge in [0, 0.05) is 36.5 Å². The fourth-order valence-electron chi connectivity index (χ4n) is 2.57. The molecule has 0 amide bonds. The molecule has 1 heterocycles. The highest BCUT2D eigenvalue weighted by molar-refractivity contribution is 6.34. The Morgan fingerprint density at radius 2 is 2.08 bits per heavy atom. The van der Waals surface area contributed by atoms with Gasteiger partial charge in [-0.1, -0.05) is 24.4 Å². The number of hydrogen-bond donors (Lipinski definition) is 2. The van der Waals surface area contributed by atoms with E-state index in [4.69, 9.17) is 11.6 Å². The number of benzene rings is 1. The lowest BCUT2D eigenvalue weighted by Crippen LogP contribution is -2.04. The number of rotatable bonds is 7. The number of carbonyl (C=O) groups is 1. The van der Waals surface area contributed by atoms with E-state index in [9.17, 15) is 4.79 Å². The molecule has 126 valence electrons. The number of halogens is 1. The van der Waals surface area contributed by atoms with Crippen LogP contribution in [0.4, 0.5) is 17.5 Å². The lowest BCUT2D eigenvalue weighted by Gasteiger charge is -2.10. The van der Waals surface area contributed by atoms with Gasteiger partial charge in [0.2, 0.25) is 5.95 Å². The van der Waals surface area contributed by atoms with Crippen LogP contribution in [0.2, 0.25) is 5.02 Å². The molecule has 1 fully saturated rings. The van der Waals surface area contributed by atoms with E-state index in [0.717, 1.165) is 29.5 Å². The molecule has 1 aliphatic carbocycles. The highest BCUT2D eigenvalue weighted by Crippen LogP contribution is 2.34. The molecule has 0 aliphatic heterocycles. The maximum atomic E-state index is 12.4. The van der Waals surface area contributed by atoms with Crippen LogP contribution in [0.25, 0.3) is 0 Å². The Morgan fingerprint density at radius 1 is 1.29 bits per heavy atom. The molecule has 3 rings (SSSR count). The second-order valence-electron chi connectivity index (χ2n) is 6.19. The zero-order valence-electron chi connectivity index (χ0n) is 13.9. The highest BCUT2D eigenvalue weighted by Gasteiger charge is 2.23. The van der Waals surface area contributed by atoms with Crippen molar-refractivity contribution in [1.29, 1.82) is 0 Å². The second-order valence-corrected chi connectivity index (χ2v) is 6.60. The summed E-state index contributed by atoms with van der Waals surface area (Å²) in [6, 6.07) is 7.20. The van der Waals surface area contributed by atoms with Crippen LogP contribution in [0, 0.1) is 12.8 Å². The van der Waals surface area contributed by atoms with Gasteiger partial charge in [0.1, 0.15) is 5.82 Å². The number of carbonyl (C=O) groups excluding carboxylic acids is 1. The Morgan fingerprint density at radius 3 is 2.79 bits per heavy atom. The molecule has 6 heteroatoms. The maximum Gasteiger partial charge on any atom is 0.229 e. The van der Waals surface area contributed by atoms with Crippen molar-refractivity contribution >= 4 is 34.8 Å². The summed E-state index contributed by atoms with van der Waals surface area (Å²) in [6.07, 6.45) is 4.01. The van der Waals surface area contributed by atoms with Crippen molar-refractivity contribution in [1.82, 2.24) is 9.97 Å². The van der Waals surface area contributed by atoms with Crippen molar-refractivity contribution in [3.63, 3.8) is 0 Å². The molecular formula is C18H21ClN4O. The molecule has 0 bridgehead atoms. The monoisotopic (exact) mass is 344 g/mol. The van der Waals surface area contributed by atoms with E-state index in [1.807, 2.05) is 26.1 Å². The van der Waals surface area contributed by atoms with Crippen molar-refractivity contribution in [3.8, 4) is 0 Å². The first kappa shape index (κ1) is 16.7. The number of hydrogen-bond acceptors (Lipinski definition) is 5. The van der Waals surface area contributed by atoms with Crippen LogP contribution in [0.15, 0.2) is 24.3 Å². The van der Waals surface area contributed by atoms with Gasteiger partial charge < -0.3 is 10.6 Å². The van der Waals surface area contributed by atoms with Gasteiger partial charge in [0.15, 0.2) is 5.78 Å². The maximum absolute atomic E-state index is 12.4. The first-order valence-corrected chi connectivity index (χ1v) is 8.56. The molecule has 24 heavy (non-hydrogen) atoms. The average molecular weight is 345 g/mol. The van der Waals surface area contributed by atoms with Gasteiger partial charge >= 0.3 is 0 Å². The number of Topliss-reactive ketones (excluding diaryl/α,β-unsaturated/α-hetero) is 1. The SMILES string of the molecule is CNc1cc(C)nc(Nc2ccc(Cl)c(C(=O)CCC3CC3)c2)n1. The summed E-state index contributed by atoms with van der Waals surface area (Å²) in [5.41, 5.74) is 2.16. The van der Waals surface area contributed by atoms with Crippen molar-refractivity contribution in [2.75, 3.05) is 17.7 Å². The third kappa shape index (κ3) is 4.23. The molecule has 1 aliphatic rings. The minimum absolute atomic E-state index is 0.0941. The zero-order valence-corrected chi connectivity index (χ0v) is 14.7. The number of aryl methyl sites for hydroxylation is 1. The average Bonchev–Trinajstić information content (AvgIpc) is 3.38. The van der Waals surface area contributed by atoms with Gasteiger partial charge in [-0.2, -0.15) is 4.98 Å². The largest absolute Gasteiger partial charge is 0.373 e. The zero-order chi connectivity index (χ0) is 17.1. The third-order valence-corrected chi connectivity index (χ3v) is 4.44. The van der Waals surface area contributed by atoms with Gasteiger partial charge in [-0.3, -0.25) is 4.79 Å². The molecule has 0 unspecified atom stereocenters. The molecule has 5 nitrogen and oxygen atoms in total. The van der Waals surface area contributed by atoms with E-state index in [1.54, 1.807) is 12.1 Å². The summed E-state index contributed by atoms with van der Waals surface area (Å²) in [4.78, 5) is 21.1. The number of nitrogens with one attached hydrogen (secondary N) is 2. The standard InChI is InChI=1S/C18H21ClN4O/c1-11-9-17(20-2)23-18(21-11)22-13-6-7-15(19)14(10-13)16(24)8-5-12-3-4-12/h6-7,9-10,12H,3-5,8H2,1-2H3,(H2,20,21,22,23). The number of ketones is 1. The fraction of sp³-hybridized carbons (Fsp3) is 0.389. The van der Waals surface area contributed by atoms with Crippen LogP contribution in [-0.2, 0) is 0 Å². The fourth-order valence-corrected chi connectivity index (χ4v) is 2.80. The molecule has 2 aromatic rings. The molecule has 0 radical (unpaired) electrons. The Balaban J connectivity index is 1.77. The van der Waals surface area contributed by atoms with Crippen LogP contribution in [0.1, 0.15) is 41.7 Å². The molecule has 0 saturated heterocycles. The van der Waals surface area contributed by atoms with Crippen LogP contribution < -0.4 is 10.6 Å². The smallest absolute Gasteiger partial charge is 0.229 e. The minimum Gasteiger partial charge on any atom is -0.373 e. The number of aromatic nitrogens is 2. The number of anilines is 3. The summed E-state index contributed by atoms with van der Waals surface area (Å²) in [5.74, 6) is 2.05. The second kappa shape index (κ2) is 7.18. The molecular weight excluding hydrogens is 324 g/mol. The van der Waals surface area contributed by atoms with Gasteiger partial charge in [0.05, 0.1) is 5.02 Å². The topological polar surface area (TPSA) is 66.9 Å².